The van der Waals surface area contributed by atoms with Crippen LogP contribution in [0.3, 0.4) is 0 Å². The number of rotatable bonds is 2. The molecule has 0 spiro atoms. The molecular formula is C15H10ClN3O2. The highest BCUT2D eigenvalue weighted by Gasteiger charge is 2.12. The fourth-order valence-electron chi connectivity index (χ4n) is 1.96. The summed E-state index contributed by atoms with van der Waals surface area (Å²) in [5.41, 5.74) is 2.03. The van der Waals surface area contributed by atoms with E-state index in [1.165, 1.54) is 18.3 Å². The lowest BCUT2D eigenvalue weighted by Crippen LogP contribution is -2.12. The van der Waals surface area contributed by atoms with Gasteiger partial charge in [0, 0.05) is 24.1 Å². The number of hydrogen-bond acceptors (Lipinski definition) is 4. The standard InChI is InChI=1S/C15H10ClN3O2/c16-11-5-4-9(8-13(11)20)19-15(21)10-2-1-3-12-14(10)18-7-6-17-12/h1-8,20H,(H,19,21). The van der Waals surface area contributed by atoms with Crippen molar-refractivity contribution in [2.24, 2.45) is 0 Å². The van der Waals surface area contributed by atoms with Gasteiger partial charge in [0.05, 0.1) is 16.1 Å². The molecule has 0 saturated heterocycles. The second-order valence-corrected chi connectivity index (χ2v) is 4.76. The Hall–Kier alpha value is -2.66. The van der Waals surface area contributed by atoms with Gasteiger partial charge in [0.2, 0.25) is 0 Å². The van der Waals surface area contributed by atoms with Crippen molar-refractivity contribution in [2.75, 3.05) is 5.32 Å². The summed E-state index contributed by atoms with van der Waals surface area (Å²) in [6.45, 7) is 0. The molecule has 0 aliphatic carbocycles. The van der Waals surface area contributed by atoms with Crippen LogP contribution in [-0.2, 0) is 0 Å². The van der Waals surface area contributed by atoms with Crippen molar-refractivity contribution in [1.82, 2.24) is 9.97 Å². The van der Waals surface area contributed by atoms with Crippen molar-refractivity contribution in [2.45, 2.75) is 0 Å². The minimum absolute atomic E-state index is 0.0906. The summed E-state index contributed by atoms with van der Waals surface area (Å²) in [6.07, 6.45) is 3.11. The van der Waals surface area contributed by atoms with Gasteiger partial charge in [-0.1, -0.05) is 17.7 Å². The molecule has 1 aromatic heterocycles. The van der Waals surface area contributed by atoms with Gasteiger partial charge in [0.1, 0.15) is 11.3 Å². The molecule has 0 aliphatic heterocycles. The van der Waals surface area contributed by atoms with E-state index < -0.39 is 0 Å². The molecule has 3 aromatic rings. The van der Waals surface area contributed by atoms with E-state index in [4.69, 9.17) is 11.6 Å². The molecule has 2 N–H and O–H groups in total. The number of amides is 1. The molecule has 3 rings (SSSR count). The fraction of sp³-hybridized carbons (Fsp3) is 0. The van der Waals surface area contributed by atoms with Gasteiger partial charge in [-0.3, -0.25) is 14.8 Å². The number of aromatic nitrogens is 2. The van der Waals surface area contributed by atoms with Gasteiger partial charge in [0.15, 0.2) is 0 Å². The number of carbonyl (C=O) groups is 1. The number of para-hydroxylation sites is 1. The summed E-state index contributed by atoms with van der Waals surface area (Å²) < 4.78 is 0. The Bertz CT molecular complexity index is 831. The van der Waals surface area contributed by atoms with Crippen LogP contribution in [0.25, 0.3) is 11.0 Å². The highest BCUT2D eigenvalue weighted by molar-refractivity contribution is 6.32. The van der Waals surface area contributed by atoms with Crippen LogP contribution in [-0.4, -0.2) is 21.0 Å². The van der Waals surface area contributed by atoms with Crippen LogP contribution in [0, 0.1) is 0 Å². The van der Waals surface area contributed by atoms with Crippen molar-refractivity contribution in [1.29, 1.82) is 0 Å². The lowest BCUT2D eigenvalue weighted by atomic mass is 10.1. The maximum atomic E-state index is 12.3. The Morgan fingerprint density at radius 1 is 1.14 bits per heavy atom. The Kier molecular flexibility index (Phi) is 3.41. The van der Waals surface area contributed by atoms with Gasteiger partial charge in [0.25, 0.3) is 5.91 Å². The van der Waals surface area contributed by atoms with Crippen molar-refractivity contribution < 1.29 is 9.90 Å². The summed E-state index contributed by atoms with van der Waals surface area (Å²) in [5.74, 6) is -0.421. The smallest absolute Gasteiger partial charge is 0.257 e. The first-order valence-electron chi connectivity index (χ1n) is 6.15. The van der Waals surface area contributed by atoms with Crippen LogP contribution < -0.4 is 5.32 Å². The number of benzene rings is 2. The second-order valence-electron chi connectivity index (χ2n) is 4.35. The fourth-order valence-corrected chi connectivity index (χ4v) is 2.08. The molecule has 104 valence electrons. The van der Waals surface area contributed by atoms with Crippen LogP contribution in [0.2, 0.25) is 5.02 Å². The Morgan fingerprint density at radius 3 is 2.76 bits per heavy atom. The molecule has 5 nitrogen and oxygen atoms in total. The first-order chi connectivity index (χ1) is 10.1. The third kappa shape index (κ3) is 2.64. The molecule has 6 heteroatoms. The Morgan fingerprint density at radius 2 is 1.95 bits per heavy atom. The number of nitrogens with one attached hydrogen (secondary N) is 1. The highest BCUT2D eigenvalue weighted by Crippen LogP contribution is 2.26. The lowest BCUT2D eigenvalue weighted by Gasteiger charge is -2.08. The summed E-state index contributed by atoms with van der Waals surface area (Å²) >= 11 is 5.73. The number of halogens is 1. The largest absolute Gasteiger partial charge is 0.506 e. The number of fused-ring (bicyclic) bond motifs is 1. The van der Waals surface area contributed by atoms with Gasteiger partial charge in [-0.2, -0.15) is 0 Å². The molecular weight excluding hydrogens is 290 g/mol. The van der Waals surface area contributed by atoms with Gasteiger partial charge < -0.3 is 10.4 Å². The van der Waals surface area contributed by atoms with Gasteiger partial charge in [-0.25, -0.2) is 0 Å². The quantitative estimate of drug-likeness (QED) is 0.761. The third-order valence-corrected chi connectivity index (χ3v) is 3.27. The third-order valence-electron chi connectivity index (χ3n) is 2.95. The average molecular weight is 300 g/mol. The normalized spacial score (nSPS) is 10.5. The molecule has 21 heavy (non-hydrogen) atoms. The average Bonchev–Trinajstić information content (AvgIpc) is 2.50. The molecule has 0 atom stereocenters. The van der Waals surface area contributed by atoms with E-state index in [1.807, 2.05) is 0 Å². The van der Waals surface area contributed by atoms with E-state index in [2.05, 4.69) is 15.3 Å². The summed E-state index contributed by atoms with van der Waals surface area (Å²) in [6, 6.07) is 9.70. The van der Waals surface area contributed by atoms with Crippen LogP contribution in [0.4, 0.5) is 5.69 Å². The Balaban J connectivity index is 1.95. The van der Waals surface area contributed by atoms with Crippen LogP contribution in [0.5, 0.6) is 5.75 Å². The number of aromatic hydroxyl groups is 1. The number of carbonyl (C=O) groups excluding carboxylic acids is 1. The SMILES string of the molecule is O=C(Nc1ccc(Cl)c(O)c1)c1cccc2nccnc12. The number of nitrogens with zero attached hydrogens (tertiary/aromatic N) is 2. The lowest BCUT2D eigenvalue weighted by molar-refractivity contribution is 0.102. The minimum Gasteiger partial charge on any atom is -0.506 e. The molecule has 2 aromatic carbocycles. The molecule has 1 amide bonds. The summed E-state index contributed by atoms with van der Waals surface area (Å²) in [4.78, 5) is 20.7. The van der Waals surface area contributed by atoms with E-state index in [1.54, 1.807) is 30.5 Å². The monoisotopic (exact) mass is 299 g/mol. The molecule has 0 bridgehead atoms. The van der Waals surface area contributed by atoms with Crippen LogP contribution >= 0.6 is 11.6 Å². The van der Waals surface area contributed by atoms with E-state index in [-0.39, 0.29) is 16.7 Å². The number of hydrogen-bond donors (Lipinski definition) is 2. The number of phenolic OH excluding ortho intramolecular Hbond substituents is 1. The topological polar surface area (TPSA) is 75.1 Å². The maximum absolute atomic E-state index is 12.3. The van der Waals surface area contributed by atoms with Crippen LogP contribution in [0.15, 0.2) is 48.8 Å². The van der Waals surface area contributed by atoms with E-state index in [0.717, 1.165) is 0 Å². The molecule has 0 unspecified atom stereocenters. The first-order valence-corrected chi connectivity index (χ1v) is 6.52. The van der Waals surface area contributed by atoms with Gasteiger partial charge in [-0.05, 0) is 24.3 Å². The molecule has 0 fully saturated rings. The van der Waals surface area contributed by atoms with E-state index >= 15 is 0 Å². The van der Waals surface area contributed by atoms with Gasteiger partial charge >= 0.3 is 0 Å². The summed E-state index contributed by atoms with van der Waals surface area (Å²) in [7, 11) is 0. The predicted octanol–water partition coefficient (Wildman–Crippen LogP) is 3.24. The molecule has 0 saturated carbocycles. The zero-order chi connectivity index (χ0) is 14.8. The second kappa shape index (κ2) is 5.38. The molecule has 1 heterocycles. The van der Waals surface area contributed by atoms with Crippen molar-refractivity contribution >= 4 is 34.2 Å². The van der Waals surface area contributed by atoms with E-state index in [9.17, 15) is 9.90 Å². The Labute approximate surface area is 125 Å². The predicted molar refractivity (Wildman–Crippen MR) is 80.6 cm³/mol. The number of phenols is 1. The zero-order valence-corrected chi connectivity index (χ0v) is 11.5. The first kappa shape index (κ1) is 13.3. The summed E-state index contributed by atoms with van der Waals surface area (Å²) in [5, 5.41) is 12.5. The van der Waals surface area contributed by atoms with Crippen molar-refractivity contribution in [3.63, 3.8) is 0 Å². The van der Waals surface area contributed by atoms with Crippen molar-refractivity contribution in [3.8, 4) is 5.75 Å². The molecule has 0 radical (unpaired) electrons. The van der Waals surface area contributed by atoms with Crippen molar-refractivity contribution in [3.05, 3.63) is 59.4 Å². The minimum atomic E-state index is -0.331. The van der Waals surface area contributed by atoms with Gasteiger partial charge in [-0.15, -0.1) is 0 Å². The maximum Gasteiger partial charge on any atom is 0.257 e. The highest BCUT2D eigenvalue weighted by atomic mass is 35.5. The zero-order valence-electron chi connectivity index (χ0n) is 10.7. The van der Waals surface area contributed by atoms with Crippen LogP contribution in [0.1, 0.15) is 10.4 Å². The molecule has 0 aliphatic rings. The van der Waals surface area contributed by atoms with E-state index in [0.29, 0.717) is 22.3 Å². The number of anilines is 1.